The Bertz CT molecular complexity index is 1250. The van der Waals surface area contributed by atoms with Crippen LogP contribution < -0.4 is 25.6 Å². The summed E-state index contributed by atoms with van der Waals surface area (Å²) in [7, 11) is 1.20. The molecule has 2 amide bonds. The van der Waals surface area contributed by atoms with E-state index in [0.29, 0.717) is 35.6 Å². The molecule has 0 spiro atoms. The summed E-state index contributed by atoms with van der Waals surface area (Å²) in [5, 5.41) is 25.7. The lowest BCUT2D eigenvalue weighted by Gasteiger charge is -2.23. The van der Waals surface area contributed by atoms with Crippen LogP contribution in [0.5, 0.6) is 11.5 Å². The maximum Gasteiger partial charge on any atom is 0.488 e. The van der Waals surface area contributed by atoms with Gasteiger partial charge in [0.2, 0.25) is 0 Å². The minimum absolute atomic E-state index is 0.0571. The number of aromatic nitrogens is 1. The number of hydrogen-bond acceptors (Lipinski definition) is 8. The van der Waals surface area contributed by atoms with Gasteiger partial charge in [-0.1, -0.05) is 0 Å². The minimum atomic E-state index is -1.83. The van der Waals surface area contributed by atoms with Crippen LogP contribution in [0.4, 0.5) is 5.69 Å². The van der Waals surface area contributed by atoms with Crippen molar-refractivity contribution in [3.05, 3.63) is 53.7 Å². The van der Waals surface area contributed by atoms with E-state index in [4.69, 9.17) is 14.2 Å². The molecular formula is C24H26BN3O7. The number of methoxy groups -OCH3 is 2. The van der Waals surface area contributed by atoms with Crippen LogP contribution in [-0.4, -0.2) is 67.4 Å². The number of rotatable bonds is 7. The summed E-state index contributed by atoms with van der Waals surface area (Å²) in [5.41, 5.74) is 1.01. The standard InChI is InChI=1S/C24H26BN3O7/c1-33-18-5-6-19-20(11-18)28-21(12-22(19)34-2)24(30)27-17-9-14(8-15(10-17)25(31)32)23(29)26-16-4-3-7-35-13-16/h5-6,8-12,16,31-32H,3-4,7,13H2,1-2H3,(H,26,29)(H,27,30)/t16-/m1/s1. The molecule has 1 saturated heterocycles. The number of nitrogens with zero attached hydrogens (tertiary/aromatic N) is 1. The highest BCUT2D eigenvalue weighted by molar-refractivity contribution is 6.58. The van der Waals surface area contributed by atoms with E-state index in [1.807, 2.05) is 0 Å². The van der Waals surface area contributed by atoms with Crippen LogP contribution >= 0.6 is 0 Å². The monoisotopic (exact) mass is 479 g/mol. The van der Waals surface area contributed by atoms with Gasteiger partial charge in [-0.3, -0.25) is 9.59 Å². The topological polar surface area (TPSA) is 139 Å². The molecule has 4 rings (SSSR count). The number of ether oxygens (including phenoxy) is 3. The number of fused-ring (bicyclic) bond motifs is 1. The number of hydrogen-bond donors (Lipinski definition) is 4. The smallest absolute Gasteiger partial charge is 0.488 e. The van der Waals surface area contributed by atoms with Crippen molar-refractivity contribution in [1.82, 2.24) is 10.3 Å². The fraction of sp³-hybridized carbons (Fsp3) is 0.292. The van der Waals surface area contributed by atoms with Crippen molar-refractivity contribution >= 4 is 41.0 Å². The Morgan fingerprint density at radius 2 is 1.91 bits per heavy atom. The SMILES string of the molecule is COc1ccc2c(OC)cc(C(=O)Nc3cc(B(O)O)cc(C(=O)N[C@@H]4CCCOC4)c3)nc2c1. The van der Waals surface area contributed by atoms with Gasteiger partial charge in [0.05, 0.1) is 32.4 Å². The molecule has 1 aliphatic rings. The molecule has 4 N–H and O–H groups in total. The Kier molecular flexibility index (Phi) is 7.50. The van der Waals surface area contributed by atoms with Crippen LogP contribution in [0.25, 0.3) is 10.9 Å². The van der Waals surface area contributed by atoms with Crippen molar-refractivity contribution < 1.29 is 33.8 Å². The van der Waals surface area contributed by atoms with Crippen molar-refractivity contribution in [2.75, 3.05) is 32.8 Å². The van der Waals surface area contributed by atoms with Gasteiger partial charge in [0.15, 0.2) is 0 Å². The number of carbonyl (C=O) groups is 2. The second-order valence-electron chi connectivity index (χ2n) is 8.15. The molecule has 1 fully saturated rings. The lowest BCUT2D eigenvalue weighted by atomic mass is 9.79. The first-order valence-corrected chi connectivity index (χ1v) is 11.1. The number of nitrogens with one attached hydrogen (secondary N) is 2. The van der Waals surface area contributed by atoms with Gasteiger partial charge in [-0.05, 0) is 48.6 Å². The quantitative estimate of drug-likeness (QED) is 0.370. The maximum atomic E-state index is 13.1. The molecule has 10 nitrogen and oxygen atoms in total. The third-order valence-corrected chi connectivity index (χ3v) is 5.70. The molecule has 35 heavy (non-hydrogen) atoms. The Hall–Kier alpha value is -3.67. The summed E-state index contributed by atoms with van der Waals surface area (Å²) >= 11 is 0. The predicted octanol–water partition coefficient (Wildman–Crippen LogP) is 1.09. The van der Waals surface area contributed by atoms with Gasteiger partial charge in [-0.15, -0.1) is 0 Å². The highest BCUT2D eigenvalue weighted by Gasteiger charge is 2.21. The van der Waals surface area contributed by atoms with Crippen LogP contribution in [0.2, 0.25) is 0 Å². The summed E-state index contributed by atoms with van der Waals surface area (Å²) in [6.45, 7) is 1.08. The third-order valence-electron chi connectivity index (χ3n) is 5.70. The van der Waals surface area contributed by atoms with Crippen molar-refractivity contribution in [3.63, 3.8) is 0 Å². The van der Waals surface area contributed by atoms with E-state index >= 15 is 0 Å². The molecule has 0 saturated carbocycles. The molecule has 1 aromatic heterocycles. The van der Waals surface area contributed by atoms with Gasteiger partial charge in [0.1, 0.15) is 17.2 Å². The van der Waals surface area contributed by atoms with Crippen molar-refractivity contribution in [3.8, 4) is 11.5 Å². The summed E-state index contributed by atoms with van der Waals surface area (Å²) in [5.74, 6) is 0.0612. The largest absolute Gasteiger partial charge is 0.497 e. The van der Waals surface area contributed by atoms with E-state index in [0.717, 1.165) is 12.8 Å². The van der Waals surface area contributed by atoms with Gasteiger partial charge in [-0.2, -0.15) is 0 Å². The van der Waals surface area contributed by atoms with Crippen LogP contribution in [0.15, 0.2) is 42.5 Å². The molecule has 0 radical (unpaired) electrons. The van der Waals surface area contributed by atoms with Crippen LogP contribution in [0, 0.1) is 0 Å². The Morgan fingerprint density at radius 3 is 2.60 bits per heavy atom. The third kappa shape index (κ3) is 5.71. The number of benzene rings is 2. The summed E-state index contributed by atoms with van der Waals surface area (Å²) < 4.78 is 16.1. The van der Waals surface area contributed by atoms with Crippen molar-refractivity contribution in [1.29, 1.82) is 0 Å². The molecule has 3 aromatic rings. The van der Waals surface area contributed by atoms with E-state index < -0.39 is 18.9 Å². The second kappa shape index (κ2) is 10.7. The number of carbonyl (C=O) groups excluding carboxylic acids is 2. The Labute approximate surface area is 202 Å². The zero-order valence-electron chi connectivity index (χ0n) is 19.4. The van der Waals surface area contributed by atoms with Crippen molar-refractivity contribution in [2.45, 2.75) is 18.9 Å². The van der Waals surface area contributed by atoms with Gasteiger partial charge in [0.25, 0.3) is 11.8 Å². The number of pyridine rings is 1. The first-order chi connectivity index (χ1) is 16.9. The van der Waals surface area contributed by atoms with Gasteiger partial charge in [0, 0.05) is 35.4 Å². The molecule has 11 heteroatoms. The molecule has 0 aliphatic carbocycles. The van der Waals surface area contributed by atoms with Crippen LogP contribution in [0.3, 0.4) is 0 Å². The van der Waals surface area contributed by atoms with Gasteiger partial charge < -0.3 is 34.9 Å². The fourth-order valence-electron chi connectivity index (χ4n) is 3.91. The Morgan fingerprint density at radius 1 is 1.09 bits per heavy atom. The Balaban J connectivity index is 1.61. The molecule has 0 unspecified atom stereocenters. The molecule has 2 heterocycles. The van der Waals surface area contributed by atoms with Gasteiger partial charge >= 0.3 is 7.12 Å². The minimum Gasteiger partial charge on any atom is -0.497 e. The first kappa shape index (κ1) is 24.5. The van der Waals surface area contributed by atoms with E-state index in [1.165, 1.54) is 38.5 Å². The van der Waals surface area contributed by atoms with Crippen LogP contribution in [0.1, 0.15) is 33.7 Å². The lowest BCUT2D eigenvalue weighted by molar-refractivity contribution is 0.0624. The first-order valence-electron chi connectivity index (χ1n) is 11.1. The number of amides is 2. The summed E-state index contributed by atoms with van der Waals surface area (Å²) in [4.78, 5) is 30.3. The molecule has 1 aliphatic heterocycles. The maximum absolute atomic E-state index is 13.1. The molecule has 2 aromatic carbocycles. The lowest BCUT2D eigenvalue weighted by Crippen LogP contribution is -2.41. The molecule has 182 valence electrons. The predicted molar refractivity (Wildman–Crippen MR) is 130 cm³/mol. The fourth-order valence-corrected chi connectivity index (χ4v) is 3.91. The second-order valence-corrected chi connectivity index (χ2v) is 8.15. The van der Waals surface area contributed by atoms with Crippen molar-refractivity contribution in [2.24, 2.45) is 0 Å². The van der Waals surface area contributed by atoms with E-state index in [2.05, 4.69) is 15.6 Å². The number of anilines is 1. The zero-order valence-corrected chi connectivity index (χ0v) is 19.4. The molecule has 1 atom stereocenters. The van der Waals surface area contributed by atoms with E-state index in [1.54, 1.807) is 18.2 Å². The summed E-state index contributed by atoms with van der Waals surface area (Å²) in [6, 6.07) is 10.8. The molecular weight excluding hydrogens is 453 g/mol. The average molecular weight is 479 g/mol. The normalized spacial score (nSPS) is 15.4. The highest BCUT2D eigenvalue weighted by Crippen LogP contribution is 2.28. The summed E-state index contributed by atoms with van der Waals surface area (Å²) in [6.07, 6.45) is 1.63. The zero-order chi connectivity index (χ0) is 24.9. The van der Waals surface area contributed by atoms with E-state index in [9.17, 15) is 19.6 Å². The van der Waals surface area contributed by atoms with Gasteiger partial charge in [-0.25, -0.2) is 4.98 Å². The average Bonchev–Trinajstić information content (AvgIpc) is 2.87. The highest BCUT2D eigenvalue weighted by atomic mass is 16.5. The van der Waals surface area contributed by atoms with E-state index in [-0.39, 0.29) is 28.4 Å². The van der Waals surface area contributed by atoms with Crippen LogP contribution in [-0.2, 0) is 4.74 Å². The molecule has 0 bridgehead atoms.